The van der Waals surface area contributed by atoms with E-state index < -0.39 is 0 Å². The Labute approximate surface area is 94.6 Å². The lowest BCUT2D eigenvalue weighted by Crippen LogP contribution is -2.69. The Bertz CT molecular complexity index is 291. The fourth-order valence-electron chi connectivity index (χ4n) is 2.97. The van der Waals surface area contributed by atoms with E-state index >= 15 is 0 Å². The van der Waals surface area contributed by atoms with Gasteiger partial charge in [0.2, 0.25) is 5.91 Å². The highest BCUT2D eigenvalue weighted by molar-refractivity contribution is 5.81. The molecule has 1 saturated carbocycles. The monoisotopic (exact) mass is 226 g/mol. The molecule has 1 aliphatic carbocycles. The largest absolute Gasteiger partial charge is 0.376 e. The second-order valence-electron chi connectivity index (χ2n) is 4.90. The Kier molecular flexibility index (Phi) is 2.61. The standard InChI is InChI=1S/C11H18N2O3/c12-8-6-3-5-16-10(6)9(8)13-11(14)7-2-1-4-15-7/h6-10H,1-5,12H2,(H,13,14)/t6?,7-,8?,9?,10?/m0/s1. The molecule has 5 nitrogen and oxygen atoms in total. The highest BCUT2D eigenvalue weighted by Crippen LogP contribution is 2.37. The molecule has 16 heavy (non-hydrogen) atoms. The molecule has 2 heterocycles. The zero-order valence-electron chi connectivity index (χ0n) is 9.22. The zero-order chi connectivity index (χ0) is 11.1. The molecule has 0 aromatic rings. The molecule has 0 radical (unpaired) electrons. The predicted octanol–water partition coefficient (Wildman–Crippen LogP) is -0.604. The van der Waals surface area contributed by atoms with E-state index in [1.807, 2.05) is 0 Å². The minimum Gasteiger partial charge on any atom is -0.376 e. The van der Waals surface area contributed by atoms with E-state index in [0.29, 0.717) is 12.5 Å². The lowest BCUT2D eigenvalue weighted by Gasteiger charge is -2.45. The van der Waals surface area contributed by atoms with Crippen LogP contribution in [0.3, 0.4) is 0 Å². The number of ether oxygens (including phenoxy) is 2. The molecule has 1 amide bonds. The van der Waals surface area contributed by atoms with Gasteiger partial charge in [-0.1, -0.05) is 0 Å². The van der Waals surface area contributed by atoms with Gasteiger partial charge in [0.05, 0.1) is 12.1 Å². The van der Waals surface area contributed by atoms with Gasteiger partial charge >= 0.3 is 0 Å². The molecule has 2 aliphatic heterocycles. The van der Waals surface area contributed by atoms with Crippen LogP contribution in [0.1, 0.15) is 19.3 Å². The van der Waals surface area contributed by atoms with Crippen LogP contribution in [0.4, 0.5) is 0 Å². The van der Waals surface area contributed by atoms with Crippen LogP contribution < -0.4 is 11.1 Å². The maximum Gasteiger partial charge on any atom is 0.249 e. The Balaban J connectivity index is 1.56. The molecule has 90 valence electrons. The molecule has 0 aromatic carbocycles. The summed E-state index contributed by atoms with van der Waals surface area (Å²) in [5.74, 6) is 0.418. The summed E-state index contributed by atoms with van der Waals surface area (Å²) in [4.78, 5) is 11.8. The van der Waals surface area contributed by atoms with Gasteiger partial charge in [-0.15, -0.1) is 0 Å². The van der Waals surface area contributed by atoms with E-state index in [1.165, 1.54) is 0 Å². The molecule has 3 fully saturated rings. The van der Waals surface area contributed by atoms with Crippen LogP contribution in [0.2, 0.25) is 0 Å². The summed E-state index contributed by atoms with van der Waals surface area (Å²) in [7, 11) is 0. The Hall–Kier alpha value is -0.650. The van der Waals surface area contributed by atoms with Gasteiger partial charge in [0.25, 0.3) is 0 Å². The molecule has 0 bridgehead atoms. The van der Waals surface area contributed by atoms with Crippen molar-refractivity contribution in [3.05, 3.63) is 0 Å². The van der Waals surface area contributed by atoms with Crippen molar-refractivity contribution in [1.82, 2.24) is 5.32 Å². The Morgan fingerprint density at radius 3 is 2.88 bits per heavy atom. The quantitative estimate of drug-likeness (QED) is 0.659. The number of rotatable bonds is 2. The van der Waals surface area contributed by atoms with Crippen molar-refractivity contribution in [3.8, 4) is 0 Å². The van der Waals surface area contributed by atoms with E-state index in [-0.39, 0.29) is 30.2 Å². The molecule has 2 saturated heterocycles. The van der Waals surface area contributed by atoms with Crippen LogP contribution in [0.25, 0.3) is 0 Å². The van der Waals surface area contributed by atoms with Gasteiger partial charge in [-0.3, -0.25) is 4.79 Å². The molecule has 0 aromatic heterocycles. The van der Waals surface area contributed by atoms with Gasteiger partial charge in [-0.25, -0.2) is 0 Å². The maximum absolute atomic E-state index is 11.8. The smallest absolute Gasteiger partial charge is 0.249 e. The minimum atomic E-state index is -0.271. The second-order valence-corrected chi connectivity index (χ2v) is 4.90. The van der Waals surface area contributed by atoms with E-state index in [4.69, 9.17) is 15.2 Å². The van der Waals surface area contributed by atoms with Crippen molar-refractivity contribution in [2.45, 2.75) is 43.6 Å². The van der Waals surface area contributed by atoms with Crippen molar-refractivity contribution >= 4 is 5.91 Å². The molecule has 3 aliphatic rings. The van der Waals surface area contributed by atoms with E-state index in [2.05, 4.69) is 5.32 Å². The van der Waals surface area contributed by atoms with Gasteiger partial charge in [0.1, 0.15) is 6.10 Å². The number of carbonyl (C=O) groups excluding carboxylic acids is 1. The number of nitrogens with two attached hydrogens (primary N) is 1. The van der Waals surface area contributed by atoms with Crippen LogP contribution in [0.5, 0.6) is 0 Å². The third kappa shape index (κ3) is 1.54. The number of carbonyl (C=O) groups is 1. The fraction of sp³-hybridized carbons (Fsp3) is 0.909. The van der Waals surface area contributed by atoms with Crippen molar-refractivity contribution in [3.63, 3.8) is 0 Å². The summed E-state index contributed by atoms with van der Waals surface area (Å²) in [6.07, 6.45) is 2.69. The van der Waals surface area contributed by atoms with E-state index in [0.717, 1.165) is 25.9 Å². The highest BCUT2D eigenvalue weighted by Gasteiger charge is 2.53. The molecule has 4 unspecified atom stereocenters. The van der Waals surface area contributed by atoms with Crippen LogP contribution in [0.15, 0.2) is 0 Å². The lowest BCUT2D eigenvalue weighted by atomic mass is 9.72. The summed E-state index contributed by atoms with van der Waals surface area (Å²) in [6.45, 7) is 1.46. The third-order valence-electron chi connectivity index (χ3n) is 3.98. The highest BCUT2D eigenvalue weighted by atomic mass is 16.5. The predicted molar refractivity (Wildman–Crippen MR) is 56.7 cm³/mol. The molecular weight excluding hydrogens is 208 g/mol. The lowest BCUT2D eigenvalue weighted by molar-refractivity contribution is -0.134. The molecular formula is C11H18N2O3. The molecule has 0 spiro atoms. The average Bonchev–Trinajstić information content (AvgIpc) is 2.94. The molecule has 3 N–H and O–H groups in total. The second kappa shape index (κ2) is 3.98. The van der Waals surface area contributed by atoms with E-state index in [1.54, 1.807) is 0 Å². The van der Waals surface area contributed by atoms with Crippen molar-refractivity contribution in [2.75, 3.05) is 13.2 Å². The van der Waals surface area contributed by atoms with Crippen molar-refractivity contribution in [1.29, 1.82) is 0 Å². The summed E-state index contributed by atoms with van der Waals surface area (Å²) < 4.78 is 10.9. The average molecular weight is 226 g/mol. The third-order valence-corrected chi connectivity index (χ3v) is 3.98. The summed E-state index contributed by atoms with van der Waals surface area (Å²) in [5.41, 5.74) is 6.02. The number of hydrogen-bond acceptors (Lipinski definition) is 4. The van der Waals surface area contributed by atoms with Crippen LogP contribution in [0, 0.1) is 5.92 Å². The van der Waals surface area contributed by atoms with E-state index in [9.17, 15) is 4.79 Å². The van der Waals surface area contributed by atoms with Crippen LogP contribution >= 0.6 is 0 Å². The Morgan fingerprint density at radius 2 is 2.12 bits per heavy atom. The summed E-state index contributed by atoms with van der Waals surface area (Å²) in [5, 5.41) is 2.97. The SMILES string of the molecule is NC1C2CCOC2C1NC(=O)[C@@H]1CCCO1. The first-order valence-electron chi connectivity index (χ1n) is 6.06. The van der Waals surface area contributed by atoms with Crippen LogP contribution in [-0.2, 0) is 14.3 Å². The normalized spacial score (nSPS) is 46.2. The van der Waals surface area contributed by atoms with Crippen LogP contribution in [-0.4, -0.2) is 43.4 Å². The number of nitrogens with one attached hydrogen (secondary N) is 1. The first kappa shape index (κ1) is 10.5. The Morgan fingerprint density at radius 1 is 1.25 bits per heavy atom. The molecule has 5 heteroatoms. The number of fused-ring (bicyclic) bond motifs is 1. The summed E-state index contributed by atoms with van der Waals surface area (Å²) >= 11 is 0. The van der Waals surface area contributed by atoms with Crippen molar-refractivity contribution < 1.29 is 14.3 Å². The van der Waals surface area contributed by atoms with Crippen molar-refractivity contribution in [2.24, 2.45) is 11.7 Å². The number of hydrogen-bond donors (Lipinski definition) is 2. The van der Waals surface area contributed by atoms with Gasteiger partial charge < -0.3 is 20.5 Å². The van der Waals surface area contributed by atoms with Gasteiger partial charge in [-0.2, -0.15) is 0 Å². The molecule has 3 rings (SSSR count). The number of amides is 1. The van der Waals surface area contributed by atoms with Gasteiger partial charge in [0.15, 0.2) is 0 Å². The van der Waals surface area contributed by atoms with Gasteiger partial charge in [-0.05, 0) is 19.3 Å². The fourth-order valence-corrected chi connectivity index (χ4v) is 2.97. The minimum absolute atomic E-state index is 0.0100. The first-order valence-corrected chi connectivity index (χ1v) is 6.06. The molecule has 5 atom stereocenters. The first-order chi connectivity index (χ1) is 7.77. The summed E-state index contributed by atoms with van der Waals surface area (Å²) in [6, 6.07) is 0.0436. The van der Waals surface area contributed by atoms with Gasteiger partial charge in [0, 0.05) is 25.2 Å². The maximum atomic E-state index is 11.8. The zero-order valence-corrected chi connectivity index (χ0v) is 9.22. The topological polar surface area (TPSA) is 73.6 Å².